The van der Waals surface area contributed by atoms with Crippen molar-refractivity contribution >= 4 is 12.9 Å². The van der Waals surface area contributed by atoms with Crippen LogP contribution in [-0.2, 0) is 6.61 Å². The van der Waals surface area contributed by atoms with Gasteiger partial charge in [-0.15, -0.1) is 0 Å². The molecule has 0 aromatic heterocycles. The van der Waals surface area contributed by atoms with E-state index in [0.717, 1.165) is 11.3 Å². The van der Waals surface area contributed by atoms with Crippen molar-refractivity contribution in [1.82, 2.24) is 0 Å². The molecule has 0 spiro atoms. The Hall–Kier alpha value is -2.56. The maximum Gasteiger partial charge on any atom is 0.673 e. The van der Waals surface area contributed by atoms with E-state index in [1.54, 1.807) is 24.3 Å². The van der Waals surface area contributed by atoms with E-state index in [9.17, 15) is 17.3 Å². The number of benzene rings is 2. The van der Waals surface area contributed by atoms with E-state index >= 15 is 0 Å². The number of hydrogen-bond acceptors (Lipinski definition) is 2. The molecule has 0 aliphatic rings. The van der Waals surface area contributed by atoms with Crippen LogP contribution in [0.3, 0.4) is 0 Å². The molecule has 2 aromatic rings. The summed E-state index contributed by atoms with van der Waals surface area (Å²) in [4.78, 5) is 3.07. The third-order valence-electron chi connectivity index (χ3n) is 2.20. The number of nitrogens with zero attached hydrogens (tertiary/aromatic N) is 2. The van der Waals surface area contributed by atoms with Crippen molar-refractivity contribution in [2.75, 3.05) is 0 Å². The molecule has 0 heterocycles. The molecule has 0 fully saturated rings. The van der Waals surface area contributed by atoms with Gasteiger partial charge in [-0.1, -0.05) is 30.3 Å². The Morgan fingerprint density at radius 1 is 0.905 bits per heavy atom. The molecule has 0 aliphatic heterocycles. The zero-order valence-corrected chi connectivity index (χ0v) is 10.8. The number of diazo groups is 1. The van der Waals surface area contributed by atoms with Crippen LogP contribution in [-0.4, -0.2) is 7.25 Å². The monoisotopic (exact) mass is 298 g/mol. The predicted molar refractivity (Wildman–Crippen MR) is 72.1 cm³/mol. The van der Waals surface area contributed by atoms with Crippen LogP contribution in [0.1, 0.15) is 5.56 Å². The van der Waals surface area contributed by atoms with E-state index in [4.69, 9.17) is 10.1 Å². The number of ether oxygens (including phenoxy) is 1. The molecule has 110 valence electrons. The quantitative estimate of drug-likeness (QED) is 0.451. The maximum atomic E-state index is 9.75. The molecule has 0 bridgehead atoms. The van der Waals surface area contributed by atoms with Crippen LogP contribution in [0, 0.1) is 5.39 Å². The van der Waals surface area contributed by atoms with Gasteiger partial charge in [0.2, 0.25) is 5.39 Å². The molecule has 3 nitrogen and oxygen atoms in total. The van der Waals surface area contributed by atoms with E-state index in [1.807, 2.05) is 30.3 Å². The smallest absolute Gasteiger partial charge is 0.489 e. The molecule has 0 atom stereocenters. The van der Waals surface area contributed by atoms with Gasteiger partial charge in [0.15, 0.2) is 4.98 Å². The summed E-state index contributed by atoms with van der Waals surface area (Å²) in [7, 11) is -6.00. The summed E-state index contributed by atoms with van der Waals surface area (Å²) in [5.41, 5.74) is 1.64. The second-order valence-electron chi connectivity index (χ2n) is 3.86. The van der Waals surface area contributed by atoms with Gasteiger partial charge < -0.3 is 22.0 Å². The summed E-state index contributed by atoms with van der Waals surface area (Å²) in [6, 6.07) is 16.9. The van der Waals surface area contributed by atoms with Gasteiger partial charge in [0.25, 0.3) is 0 Å². The predicted octanol–water partition coefficient (Wildman–Crippen LogP) is 5.05. The fraction of sp³-hybridized carbons (Fsp3) is 0.0769. The van der Waals surface area contributed by atoms with Crippen molar-refractivity contribution in [3.8, 4) is 5.75 Å². The van der Waals surface area contributed by atoms with Crippen molar-refractivity contribution in [2.24, 2.45) is 0 Å². The van der Waals surface area contributed by atoms with Gasteiger partial charge >= 0.3 is 12.9 Å². The average Bonchev–Trinajstić information content (AvgIpc) is 2.45. The summed E-state index contributed by atoms with van der Waals surface area (Å²) in [6.45, 7) is 0.538. The molecule has 0 aliphatic carbocycles. The van der Waals surface area contributed by atoms with E-state index in [1.165, 1.54) is 0 Å². The highest BCUT2D eigenvalue weighted by Crippen LogP contribution is 2.18. The maximum absolute atomic E-state index is 9.75. The Morgan fingerprint density at radius 2 is 1.43 bits per heavy atom. The fourth-order valence-corrected chi connectivity index (χ4v) is 1.35. The Morgan fingerprint density at radius 3 is 1.90 bits per heavy atom. The van der Waals surface area contributed by atoms with Crippen LogP contribution in [0.4, 0.5) is 23.0 Å². The largest absolute Gasteiger partial charge is 0.673 e. The van der Waals surface area contributed by atoms with Gasteiger partial charge in [-0.05, 0) is 17.7 Å². The highest BCUT2D eigenvalue weighted by atomic mass is 19.5. The summed E-state index contributed by atoms with van der Waals surface area (Å²) >= 11 is 0. The van der Waals surface area contributed by atoms with Crippen molar-refractivity contribution in [3.63, 3.8) is 0 Å². The molecule has 0 N–H and O–H groups in total. The van der Waals surface area contributed by atoms with Gasteiger partial charge in [0, 0.05) is 12.1 Å². The summed E-state index contributed by atoms with van der Waals surface area (Å²) in [5.74, 6) is 0.760. The van der Waals surface area contributed by atoms with Crippen LogP contribution in [0.25, 0.3) is 4.98 Å². The molecular weight excluding hydrogens is 287 g/mol. The fourth-order valence-electron chi connectivity index (χ4n) is 1.35. The van der Waals surface area contributed by atoms with E-state index < -0.39 is 7.25 Å². The lowest BCUT2D eigenvalue weighted by molar-refractivity contribution is 0.306. The van der Waals surface area contributed by atoms with Crippen molar-refractivity contribution in [2.45, 2.75) is 6.61 Å². The highest BCUT2D eigenvalue weighted by Gasteiger charge is 2.20. The van der Waals surface area contributed by atoms with Crippen molar-refractivity contribution in [3.05, 3.63) is 65.1 Å². The molecule has 8 heteroatoms. The Bertz CT molecular complexity index is 576. The highest BCUT2D eigenvalue weighted by molar-refractivity contribution is 6.50. The first-order chi connectivity index (χ1) is 9.88. The molecule has 21 heavy (non-hydrogen) atoms. The van der Waals surface area contributed by atoms with Gasteiger partial charge in [0.1, 0.15) is 12.4 Å². The third kappa shape index (κ3) is 8.26. The van der Waals surface area contributed by atoms with Crippen molar-refractivity contribution < 1.29 is 22.0 Å². The van der Waals surface area contributed by atoms with E-state index in [0.29, 0.717) is 12.3 Å². The van der Waals surface area contributed by atoms with Crippen LogP contribution in [0.15, 0.2) is 54.6 Å². The molecule has 0 unspecified atom stereocenters. The Balaban J connectivity index is 0.000000383. The molecule has 2 rings (SSSR count). The third-order valence-corrected chi connectivity index (χ3v) is 2.20. The minimum atomic E-state index is -6.00. The molecule has 0 radical (unpaired) electrons. The topological polar surface area (TPSA) is 37.4 Å². The van der Waals surface area contributed by atoms with Gasteiger partial charge in [-0.3, -0.25) is 0 Å². The first-order valence-corrected chi connectivity index (χ1v) is 5.87. The normalized spacial score (nSPS) is 10.0. The molecular formula is C13H11BF4N2O. The Kier molecular flexibility index (Phi) is 6.20. The van der Waals surface area contributed by atoms with Crippen LogP contribution in [0.5, 0.6) is 5.75 Å². The second kappa shape index (κ2) is 7.90. The SMILES string of the molecule is F[B-](F)(F)F.N#[N+]c1ccc(OCc2ccccc2)cc1. The molecule has 2 aromatic carbocycles. The van der Waals surface area contributed by atoms with E-state index in [-0.39, 0.29) is 0 Å². The Labute approximate surface area is 118 Å². The van der Waals surface area contributed by atoms with Crippen LogP contribution < -0.4 is 4.74 Å². The zero-order valence-electron chi connectivity index (χ0n) is 10.8. The molecule has 0 saturated carbocycles. The van der Waals surface area contributed by atoms with Gasteiger partial charge in [-0.25, -0.2) is 0 Å². The number of hydrogen-bond donors (Lipinski definition) is 0. The van der Waals surface area contributed by atoms with Crippen LogP contribution >= 0.6 is 0 Å². The first-order valence-electron chi connectivity index (χ1n) is 5.87. The molecule has 0 saturated heterocycles. The lowest BCUT2D eigenvalue weighted by Crippen LogP contribution is -2.02. The lowest BCUT2D eigenvalue weighted by Gasteiger charge is -2.04. The number of rotatable bonds is 3. The summed E-state index contributed by atoms with van der Waals surface area (Å²) < 4.78 is 44.6. The lowest BCUT2D eigenvalue weighted by atomic mass is 10.2. The summed E-state index contributed by atoms with van der Waals surface area (Å²) in [5, 5.41) is 8.52. The van der Waals surface area contributed by atoms with Gasteiger partial charge in [-0.2, -0.15) is 0 Å². The zero-order chi connectivity index (χ0) is 15.7. The minimum Gasteiger partial charge on any atom is -0.489 e. The number of halogens is 4. The van der Waals surface area contributed by atoms with Gasteiger partial charge in [0.05, 0.1) is 0 Å². The van der Waals surface area contributed by atoms with E-state index in [2.05, 4.69) is 4.98 Å². The van der Waals surface area contributed by atoms with Crippen molar-refractivity contribution in [1.29, 1.82) is 5.39 Å². The minimum absolute atomic E-state index is 0.520. The molecule has 0 amide bonds. The second-order valence-corrected chi connectivity index (χ2v) is 3.86. The average molecular weight is 298 g/mol. The standard InChI is InChI=1S/C13H11N2O.BF4/c14-15-12-6-8-13(9-7-12)16-10-11-4-2-1-3-5-11;2-1(3,4)5/h1-9H,10H2;/q+1;-1. The van der Waals surface area contributed by atoms with Crippen LogP contribution in [0.2, 0.25) is 0 Å². The summed E-state index contributed by atoms with van der Waals surface area (Å²) in [6.07, 6.45) is 0. The first kappa shape index (κ1) is 16.5.